The first-order valence-electron chi connectivity index (χ1n) is 5.94. The molecule has 0 heterocycles. The molecular formula is C12H17N3O5S2. The molecule has 0 spiro atoms. The predicted octanol–water partition coefficient (Wildman–Crippen LogP) is -0.721. The van der Waals surface area contributed by atoms with Gasteiger partial charge in [0.2, 0.25) is 17.7 Å². The van der Waals surface area contributed by atoms with E-state index in [9.17, 15) is 19.2 Å². The third-order valence-corrected chi connectivity index (χ3v) is 4.58. The van der Waals surface area contributed by atoms with E-state index in [4.69, 9.17) is 10.8 Å². The minimum Gasteiger partial charge on any atom is -0.480 e. The van der Waals surface area contributed by atoms with Crippen molar-refractivity contribution in [2.45, 2.75) is 12.1 Å². The Kier molecular flexibility index (Phi) is 10.00. The number of rotatable bonds is 10. The second kappa shape index (κ2) is 10.9. The lowest BCUT2D eigenvalue weighted by molar-refractivity contribution is -0.138. The van der Waals surface area contributed by atoms with Crippen LogP contribution in [0.5, 0.6) is 0 Å². The number of carbonyl (C=O) groups excluding carboxylic acids is 3. The van der Waals surface area contributed by atoms with Gasteiger partial charge in [0.1, 0.15) is 12.1 Å². The summed E-state index contributed by atoms with van der Waals surface area (Å²) in [5, 5.41) is 13.0. The quantitative estimate of drug-likeness (QED) is 0.231. The van der Waals surface area contributed by atoms with Crippen LogP contribution in [0.15, 0.2) is 25.3 Å². The Labute approximate surface area is 135 Å². The molecule has 0 rings (SSSR count). The first kappa shape index (κ1) is 20.2. The van der Waals surface area contributed by atoms with E-state index in [2.05, 4.69) is 18.5 Å². The topological polar surface area (TPSA) is 139 Å². The van der Waals surface area contributed by atoms with Crippen LogP contribution in [0.2, 0.25) is 0 Å². The van der Waals surface area contributed by atoms with Crippen molar-refractivity contribution in [3.8, 4) is 0 Å². The molecule has 5 N–H and O–H groups in total. The van der Waals surface area contributed by atoms with Crippen LogP contribution in [-0.4, -0.2) is 52.4 Å². The summed E-state index contributed by atoms with van der Waals surface area (Å²) in [6.45, 7) is 6.48. The summed E-state index contributed by atoms with van der Waals surface area (Å²) in [5.41, 5.74) is 5.33. The number of imide groups is 1. The summed E-state index contributed by atoms with van der Waals surface area (Å²) >= 11 is 0. The van der Waals surface area contributed by atoms with Crippen molar-refractivity contribution in [1.82, 2.24) is 10.6 Å². The third kappa shape index (κ3) is 8.49. The highest BCUT2D eigenvalue weighted by Crippen LogP contribution is 2.22. The highest BCUT2D eigenvalue weighted by molar-refractivity contribution is 8.76. The summed E-state index contributed by atoms with van der Waals surface area (Å²) in [6.07, 6.45) is 1.92. The minimum absolute atomic E-state index is 0.118. The average molecular weight is 347 g/mol. The van der Waals surface area contributed by atoms with Crippen molar-refractivity contribution in [2.24, 2.45) is 5.73 Å². The van der Waals surface area contributed by atoms with Crippen molar-refractivity contribution in [2.75, 3.05) is 11.5 Å². The van der Waals surface area contributed by atoms with Gasteiger partial charge in [-0.05, 0) is 12.2 Å². The van der Waals surface area contributed by atoms with Crippen LogP contribution in [-0.2, 0) is 19.2 Å². The van der Waals surface area contributed by atoms with E-state index in [-0.39, 0.29) is 11.5 Å². The van der Waals surface area contributed by atoms with Crippen molar-refractivity contribution in [3.63, 3.8) is 0 Å². The van der Waals surface area contributed by atoms with Crippen molar-refractivity contribution in [3.05, 3.63) is 25.3 Å². The largest absolute Gasteiger partial charge is 0.480 e. The fourth-order valence-electron chi connectivity index (χ4n) is 0.982. The Hall–Kier alpha value is -1.78. The van der Waals surface area contributed by atoms with Gasteiger partial charge in [-0.25, -0.2) is 0 Å². The molecule has 0 bridgehead atoms. The molecule has 22 heavy (non-hydrogen) atoms. The Morgan fingerprint density at radius 2 is 1.64 bits per heavy atom. The molecule has 0 unspecified atom stereocenters. The fraction of sp³-hybridized carbons (Fsp3) is 0.333. The molecule has 2 atom stereocenters. The lowest BCUT2D eigenvalue weighted by Crippen LogP contribution is -2.49. The van der Waals surface area contributed by atoms with Crippen LogP contribution < -0.4 is 16.4 Å². The smallest absolute Gasteiger partial charge is 0.321 e. The first-order valence-corrected chi connectivity index (χ1v) is 8.43. The van der Waals surface area contributed by atoms with Gasteiger partial charge >= 0.3 is 5.97 Å². The molecule has 0 aromatic carbocycles. The summed E-state index contributed by atoms with van der Waals surface area (Å²) in [4.78, 5) is 44.8. The standard InChI is InChI=1S/C12H17N3O5S2/c1-3-9(16)14-8(11(18)15-10(17)4-2)6-22-21-5-7(13)12(19)20/h3-4,7-8H,1-2,5-6,13H2,(H,14,16)(H,19,20)(H,15,17,18)/t7-,8-/m0/s1. The molecule has 0 aliphatic rings. The lowest BCUT2D eigenvalue weighted by Gasteiger charge is -2.16. The van der Waals surface area contributed by atoms with E-state index >= 15 is 0 Å². The van der Waals surface area contributed by atoms with E-state index < -0.39 is 35.8 Å². The van der Waals surface area contributed by atoms with Crippen LogP contribution in [0.4, 0.5) is 0 Å². The zero-order chi connectivity index (χ0) is 17.1. The number of carboxylic acid groups (broad SMARTS) is 1. The zero-order valence-electron chi connectivity index (χ0n) is 11.6. The van der Waals surface area contributed by atoms with Crippen molar-refractivity contribution < 1.29 is 24.3 Å². The van der Waals surface area contributed by atoms with Crippen LogP contribution in [0.1, 0.15) is 0 Å². The highest BCUT2D eigenvalue weighted by Gasteiger charge is 2.21. The van der Waals surface area contributed by atoms with E-state index in [0.717, 1.165) is 33.7 Å². The molecule has 3 amide bonds. The summed E-state index contributed by atoms with van der Waals surface area (Å²) < 4.78 is 0. The number of nitrogens with two attached hydrogens (primary N) is 1. The molecule has 0 aliphatic carbocycles. The maximum Gasteiger partial charge on any atom is 0.321 e. The molecule has 0 aromatic rings. The average Bonchev–Trinajstić information content (AvgIpc) is 2.48. The first-order chi connectivity index (χ1) is 10.3. The molecule has 0 aromatic heterocycles. The van der Waals surface area contributed by atoms with Gasteiger partial charge < -0.3 is 16.2 Å². The van der Waals surface area contributed by atoms with Gasteiger partial charge in [-0.15, -0.1) is 0 Å². The van der Waals surface area contributed by atoms with Crippen LogP contribution in [0.25, 0.3) is 0 Å². The second-order valence-corrected chi connectivity index (χ2v) is 6.39. The van der Waals surface area contributed by atoms with Crippen LogP contribution >= 0.6 is 21.6 Å². The molecule has 0 fully saturated rings. The number of carbonyl (C=O) groups is 4. The normalized spacial score (nSPS) is 12.6. The van der Waals surface area contributed by atoms with Gasteiger partial charge in [-0.3, -0.25) is 24.5 Å². The fourth-order valence-corrected chi connectivity index (χ4v) is 3.26. The maximum atomic E-state index is 11.8. The molecule has 0 saturated heterocycles. The van der Waals surface area contributed by atoms with Crippen molar-refractivity contribution in [1.29, 1.82) is 0 Å². The van der Waals surface area contributed by atoms with Crippen molar-refractivity contribution >= 4 is 45.3 Å². The number of nitrogens with one attached hydrogen (secondary N) is 2. The molecule has 122 valence electrons. The molecule has 0 radical (unpaired) electrons. The summed E-state index contributed by atoms with van der Waals surface area (Å²) in [5.74, 6) is -2.83. The SMILES string of the molecule is C=CC(=O)NC(=O)[C@H](CSSC[C@H](N)C(=O)O)NC(=O)C=C. The predicted molar refractivity (Wildman–Crippen MR) is 86.0 cm³/mol. The molecule has 10 heteroatoms. The summed E-state index contributed by atoms with van der Waals surface area (Å²) in [6, 6.07) is -2.00. The molecule has 0 aliphatic heterocycles. The van der Waals surface area contributed by atoms with E-state index in [1.807, 2.05) is 5.32 Å². The Bertz CT molecular complexity index is 470. The lowest BCUT2D eigenvalue weighted by atomic mass is 10.3. The van der Waals surface area contributed by atoms with Crippen LogP contribution in [0, 0.1) is 0 Å². The van der Waals surface area contributed by atoms with E-state index in [1.54, 1.807) is 0 Å². The van der Waals surface area contributed by atoms with Gasteiger partial charge in [-0.1, -0.05) is 34.7 Å². The molecule has 8 nitrogen and oxygen atoms in total. The van der Waals surface area contributed by atoms with Gasteiger partial charge in [0.25, 0.3) is 0 Å². The Morgan fingerprint density at radius 1 is 1.09 bits per heavy atom. The van der Waals surface area contributed by atoms with E-state index in [1.165, 1.54) is 0 Å². The minimum atomic E-state index is -1.13. The number of carboxylic acids is 1. The highest BCUT2D eigenvalue weighted by atomic mass is 33.1. The number of hydrogen-bond donors (Lipinski definition) is 4. The van der Waals surface area contributed by atoms with E-state index in [0.29, 0.717) is 0 Å². The van der Waals surface area contributed by atoms with Gasteiger partial charge in [0, 0.05) is 11.5 Å². The molecule has 0 saturated carbocycles. The monoisotopic (exact) mass is 347 g/mol. The zero-order valence-corrected chi connectivity index (χ0v) is 13.2. The third-order valence-electron chi connectivity index (χ3n) is 2.13. The second-order valence-electron chi connectivity index (χ2n) is 3.84. The van der Waals surface area contributed by atoms with Gasteiger partial charge in [0.05, 0.1) is 0 Å². The number of amides is 3. The number of hydrogen-bond acceptors (Lipinski definition) is 7. The molecular weight excluding hydrogens is 330 g/mol. The summed E-state index contributed by atoms with van der Waals surface area (Å²) in [7, 11) is 2.29. The Balaban J connectivity index is 4.47. The maximum absolute atomic E-state index is 11.8. The van der Waals surface area contributed by atoms with Crippen LogP contribution in [0.3, 0.4) is 0 Å². The van der Waals surface area contributed by atoms with Gasteiger partial charge in [0.15, 0.2) is 0 Å². The number of aliphatic carboxylic acids is 1. The Morgan fingerprint density at radius 3 is 2.14 bits per heavy atom. The van der Waals surface area contributed by atoms with Gasteiger partial charge in [-0.2, -0.15) is 0 Å².